The van der Waals surface area contributed by atoms with E-state index in [0.29, 0.717) is 25.9 Å². The van der Waals surface area contributed by atoms with Gasteiger partial charge in [-0.3, -0.25) is 0 Å². The summed E-state index contributed by atoms with van der Waals surface area (Å²) in [5, 5.41) is 25.6. The zero-order chi connectivity index (χ0) is 17.4. The van der Waals surface area contributed by atoms with Crippen molar-refractivity contribution in [1.29, 1.82) is 15.8 Å². The number of nitriles is 3. The average Bonchev–Trinajstić information content (AvgIpc) is 2.51. The molecule has 0 bridgehead atoms. The van der Waals surface area contributed by atoms with E-state index < -0.39 is 15.8 Å². The molecule has 23 heavy (non-hydrogen) atoms. The first kappa shape index (κ1) is 21.4. The Hall–Kier alpha value is -1.62. The van der Waals surface area contributed by atoms with Crippen molar-refractivity contribution >= 4 is 10.0 Å². The van der Waals surface area contributed by atoms with Crippen molar-refractivity contribution in [3.05, 3.63) is 0 Å². The van der Waals surface area contributed by atoms with Gasteiger partial charge in [-0.15, -0.1) is 0 Å². The van der Waals surface area contributed by atoms with Crippen molar-refractivity contribution in [2.45, 2.75) is 64.2 Å². The third-order valence-electron chi connectivity index (χ3n) is 3.53. The molecule has 0 saturated carbocycles. The summed E-state index contributed by atoms with van der Waals surface area (Å²) in [5.74, 6) is -0.476. The smallest absolute Gasteiger partial charge is 0.211 e. The molecule has 0 aliphatic heterocycles. The van der Waals surface area contributed by atoms with Crippen molar-refractivity contribution < 1.29 is 8.42 Å². The van der Waals surface area contributed by atoms with E-state index >= 15 is 0 Å². The second kappa shape index (κ2) is 14.0. The summed E-state index contributed by atoms with van der Waals surface area (Å²) in [6.45, 7) is 0.878. The first-order valence-electron chi connectivity index (χ1n) is 8.17. The van der Waals surface area contributed by atoms with Crippen LogP contribution in [-0.2, 0) is 10.0 Å². The fourth-order valence-corrected chi connectivity index (χ4v) is 3.41. The van der Waals surface area contributed by atoms with Crippen LogP contribution in [0.3, 0.4) is 0 Å². The van der Waals surface area contributed by atoms with Gasteiger partial charge in [0.05, 0.1) is 18.2 Å². The van der Waals surface area contributed by atoms with E-state index in [4.69, 9.17) is 15.8 Å². The van der Waals surface area contributed by atoms with Gasteiger partial charge in [0, 0.05) is 25.9 Å². The lowest BCUT2D eigenvalue weighted by molar-refractivity contribution is 0.386. The van der Waals surface area contributed by atoms with Crippen molar-refractivity contribution in [3.8, 4) is 18.2 Å². The molecule has 128 valence electrons. The van der Waals surface area contributed by atoms with Gasteiger partial charge in [0.25, 0.3) is 0 Å². The number of hydrogen-bond donors (Lipinski definition) is 0. The SMILES string of the molecule is N#CCCCCCCN(CCCCCCC#N)S(=O)(=O)CC#N. The Bertz CT molecular complexity index is 500. The van der Waals surface area contributed by atoms with Crippen LogP contribution in [0.5, 0.6) is 0 Å². The highest BCUT2D eigenvalue weighted by molar-refractivity contribution is 7.89. The summed E-state index contributed by atoms with van der Waals surface area (Å²) >= 11 is 0. The van der Waals surface area contributed by atoms with Gasteiger partial charge in [0.15, 0.2) is 5.75 Å². The molecule has 0 aliphatic rings. The minimum Gasteiger partial charge on any atom is -0.211 e. The number of rotatable bonds is 14. The molecule has 0 radical (unpaired) electrons. The first-order valence-corrected chi connectivity index (χ1v) is 9.78. The maximum absolute atomic E-state index is 12.1. The highest BCUT2D eigenvalue weighted by Gasteiger charge is 2.20. The van der Waals surface area contributed by atoms with E-state index in [1.54, 1.807) is 6.07 Å². The number of nitrogens with zero attached hydrogens (tertiary/aromatic N) is 4. The normalized spacial score (nSPS) is 10.9. The lowest BCUT2D eigenvalue weighted by Crippen LogP contribution is -2.34. The molecule has 0 spiro atoms. The second-order valence-corrected chi connectivity index (χ2v) is 7.43. The standard InChI is InChI=1S/C16H26N4O2S/c17-11-7-3-1-5-9-14-20(23(21,22)16-13-19)15-10-6-2-4-8-12-18/h1-10,14-16H2. The topological polar surface area (TPSA) is 109 Å². The molecule has 0 N–H and O–H groups in total. The summed E-state index contributed by atoms with van der Waals surface area (Å²) in [7, 11) is -3.50. The number of hydrogen-bond acceptors (Lipinski definition) is 5. The van der Waals surface area contributed by atoms with Crippen molar-refractivity contribution in [2.75, 3.05) is 18.8 Å². The van der Waals surface area contributed by atoms with E-state index in [2.05, 4.69) is 12.1 Å². The summed E-state index contributed by atoms with van der Waals surface area (Å²) in [5.41, 5.74) is 0. The Morgan fingerprint density at radius 3 is 1.48 bits per heavy atom. The van der Waals surface area contributed by atoms with Crippen LogP contribution in [-0.4, -0.2) is 31.6 Å². The van der Waals surface area contributed by atoms with Crippen LogP contribution in [0.15, 0.2) is 0 Å². The Morgan fingerprint density at radius 2 is 1.09 bits per heavy atom. The van der Waals surface area contributed by atoms with Gasteiger partial charge in [-0.25, -0.2) is 12.7 Å². The molecule has 0 aromatic heterocycles. The molecule has 0 fully saturated rings. The maximum atomic E-state index is 12.1. The van der Waals surface area contributed by atoms with E-state index in [-0.39, 0.29) is 0 Å². The Morgan fingerprint density at radius 1 is 0.652 bits per heavy atom. The largest absolute Gasteiger partial charge is 0.227 e. The summed E-state index contributed by atoms with van der Waals surface area (Å²) < 4.78 is 25.6. The Balaban J connectivity index is 4.19. The summed E-state index contributed by atoms with van der Waals surface area (Å²) in [4.78, 5) is 0. The van der Waals surface area contributed by atoms with Gasteiger partial charge < -0.3 is 0 Å². The molecular formula is C16H26N4O2S. The monoisotopic (exact) mass is 338 g/mol. The second-order valence-electron chi connectivity index (χ2n) is 5.46. The van der Waals surface area contributed by atoms with Crippen LogP contribution in [0.1, 0.15) is 64.2 Å². The summed E-state index contributed by atoms with van der Waals surface area (Å²) in [6.07, 6.45) is 7.92. The van der Waals surface area contributed by atoms with Gasteiger partial charge in [-0.1, -0.05) is 25.7 Å². The van der Waals surface area contributed by atoms with Crippen LogP contribution in [0, 0.1) is 34.0 Å². The van der Waals surface area contributed by atoms with Gasteiger partial charge in [-0.05, 0) is 25.7 Å². The highest BCUT2D eigenvalue weighted by Crippen LogP contribution is 2.11. The molecule has 0 aromatic carbocycles. The number of sulfonamides is 1. The third-order valence-corrected chi connectivity index (χ3v) is 5.18. The lowest BCUT2D eigenvalue weighted by Gasteiger charge is -2.20. The quantitative estimate of drug-likeness (QED) is 0.452. The Kier molecular flexibility index (Phi) is 13.0. The van der Waals surface area contributed by atoms with E-state index in [1.165, 1.54) is 4.31 Å². The maximum Gasteiger partial charge on any atom is 0.227 e. The van der Waals surface area contributed by atoms with Crippen molar-refractivity contribution in [2.24, 2.45) is 0 Å². The van der Waals surface area contributed by atoms with E-state index in [0.717, 1.165) is 51.4 Å². The predicted molar refractivity (Wildman–Crippen MR) is 88.4 cm³/mol. The van der Waals surface area contributed by atoms with E-state index in [1.807, 2.05) is 0 Å². The molecule has 0 aromatic rings. The zero-order valence-electron chi connectivity index (χ0n) is 13.7. The summed E-state index contributed by atoms with van der Waals surface area (Å²) in [6, 6.07) is 5.91. The molecule has 0 amide bonds. The van der Waals surface area contributed by atoms with Gasteiger partial charge >= 0.3 is 0 Å². The van der Waals surface area contributed by atoms with Gasteiger partial charge in [0.1, 0.15) is 0 Å². The van der Waals surface area contributed by atoms with Gasteiger partial charge in [-0.2, -0.15) is 15.8 Å². The van der Waals surface area contributed by atoms with E-state index in [9.17, 15) is 8.42 Å². The van der Waals surface area contributed by atoms with Crippen molar-refractivity contribution in [1.82, 2.24) is 4.31 Å². The predicted octanol–water partition coefficient (Wildman–Crippen LogP) is 3.09. The van der Waals surface area contributed by atoms with Gasteiger partial charge in [0.2, 0.25) is 10.0 Å². The molecular weight excluding hydrogens is 312 g/mol. The molecule has 0 unspecified atom stereocenters. The molecule has 0 aliphatic carbocycles. The first-order chi connectivity index (χ1) is 11.1. The fourth-order valence-electron chi connectivity index (χ4n) is 2.25. The van der Waals surface area contributed by atoms with Crippen LogP contribution in [0.4, 0.5) is 0 Å². The van der Waals surface area contributed by atoms with Crippen LogP contribution in [0.2, 0.25) is 0 Å². The van der Waals surface area contributed by atoms with Crippen LogP contribution >= 0.6 is 0 Å². The fraction of sp³-hybridized carbons (Fsp3) is 0.812. The molecule has 0 saturated heterocycles. The number of unbranched alkanes of at least 4 members (excludes halogenated alkanes) is 8. The average molecular weight is 338 g/mol. The highest BCUT2D eigenvalue weighted by atomic mass is 32.2. The molecule has 0 atom stereocenters. The zero-order valence-corrected chi connectivity index (χ0v) is 14.5. The third kappa shape index (κ3) is 11.6. The minimum atomic E-state index is -3.50. The van der Waals surface area contributed by atoms with Crippen LogP contribution in [0.25, 0.3) is 0 Å². The van der Waals surface area contributed by atoms with Crippen LogP contribution < -0.4 is 0 Å². The Labute approximate surface area is 140 Å². The molecule has 0 rings (SSSR count). The lowest BCUT2D eigenvalue weighted by atomic mass is 10.1. The molecule has 0 heterocycles. The molecule has 6 nitrogen and oxygen atoms in total. The molecule has 7 heteroatoms. The van der Waals surface area contributed by atoms with Crippen molar-refractivity contribution in [3.63, 3.8) is 0 Å². The minimum absolute atomic E-state index is 0.439.